The van der Waals surface area contributed by atoms with Gasteiger partial charge in [0.1, 0.15) is 11.8 Å². The summed E-state index contributed by atoms with van der Waals surface area (Å²) >= 11 is 0. The third kappa shape index (κ3) is 2.43. The molecule has 2 aromatic carbocycles. The molecule has 0 bridgehead atoms. The normalized spacial score (nSPS) is 21.4. The van der Waals surface area contributed by atoms with Gasteiger partial charge in [-0.2, -0.15) is 0 Å². The fraction of sp³-hybridized carbons (Fsp3) is 0.286. The highest BCUT2D eigenvalue weighted by atomic mass is 16.7. The van der Waals surface area contributed by atoms with Crippen LogP contribution in [0.4, 0.5) is 5.69 Å². The average molecular weight is 349 g/mol. The van der Waals surface area contributed by atoms with E-state index in [1.807, 2.05) is 48.5 Å². The highest BCUT2D eigenvalue weighted by Gasteiger charge is 2.41. The van der Waals surface area contributed by atoms with Gasteiger partial charge in [0, 0.05) is 17.7 Å². The Morgan fingerprint density at radius 3 is 2.58 bits per heavy atom. The van der Waals surface area contributed by atoms with Gasteiger partial charge in [-0.15, -0.1) is 0 Å². The number of aliphatic hydroxyl groups is 1. The van der Waals surface area contributed by atoms with Crippen LogP contribution in [-0.4, -0.2) is 24.2 Å². The summed E-state index contributed by atoms with van der Waals surface area (Å²) in [7, 11) is 0. The van der Waals surface area contributed by atoms with Crippen molar-refractivity contribution in [2.24, 2.45) is 5.92 Å². The minimum atomic E-state index is -0.366. The zero-order valence-corrected chi connectivity index (χ0v) is 14.2. The quantitative estimate of drug-likeness (QED) is 0.911. The van der Waals surface area contributed by atoms with Crippen LogP contribution in [0.2, 0.25) is 0 Å². The molecular formula is C21H19NO4. The predicted octanol–water partition coefficient (Wildman–Crippen LogP) is 3.77. The number of rotatable bonds is 4. The topological polar surface area (TPSA) is 59.0 Å². The van der Waals surface area contributed by atoms with Crippen molar-refractivity contribution in [2.45, 2.75) is 18.9 Å². The molecule has 2 aliphatic heterocycles. The summed E-state index contributed by atoms with van der Waals surface area (Å²) in [4.78, 5) is 14.7. The van der Waals surface area contributed by atoms with Gasteiger partial charge in [0.15, 0.2) is 17.3 Å². The van der Waals surface area contributed by atoms with Crippen LogP contribution in [0.15, 0.2) is 59.9 Å². The van der Waals surface area contributed by atoms with E-state index in [0.29, 0.717) is 17.9 Å². The summed E-state index contributed by atoms with van der Waals surface area (Å²) in [5, 5.41) is 10.9. The Morgan fingerprint density at radius 1 is 1.04 bits per heavy atom. The minimum Gasteiger partial charge on any atom is -0.509 e. The maximum absolute atomic E-state index is 12.7. The molecule has 1 saturated carbocycles. The van der Waals surface area contributed by atoms with Crippen LogP contribution in [0.25, 0.3) is 0 Å². The van der Waals surface area contributed by atoms with Gasteiger partial charge in [0.25, 0.3) is 0 Å². The molecule has 0 spiro atoms. The van der Waals surface area contributed by atoms with Crippen molar-refractivity contribution in [1.29, 1.82) is 0 Å². The summed E-state index contributed by atoms with van der Waals surface area (Å²) in [6.45, 7) is 0.621. The number of benzene rings is 2. The van der Waals surface area contributed by atoms with Crippen molar-refractivity contribution in [1.82, 2.24) is 0 Å². The van der Waals surface area contributed by atoms with E-state index in [-0.39, 0.29) is 30.3 Å². The van der Waals surface area contributed by atoms with Crippen LogP contribution in [0.1, 0.15) is 24.4 Å². The lowest BCUT2D eigenvalue weighted by Gasteiger charge is -2.28. The number of hydrogen-bond acceptors (Lipinski definition) is 5. The van der Waals surface area contributed by atoms with Crippen LogP contribution in [0.5, 0.6) is 11.5 Å². The number of Topliss-reactive ketones (excluding diaryl/α,β-unsaturated/α-hetero) is 1. The number of ether oxygens (including phenoxy) is 2. The summed E-state index contributed by atoms with van der Waals surface area (Å²) < 4.78 is 10.9. The molecule has 1 fully saturated rings. The van der Waals surface area contributed by atoms with Crippen molar-refractivity contribution in [3.8, 4) is 11.5 Å². The Bertz CT molecular complexity index is 901. The Kier molecular flexibility index (Phi) is 3.42. The monoisotopic (exact) mass is 349 g/mol. The molecule has 1 aliphatic carbocycles. The number of carbonyl (C=O) groups is 1. The van der Waals surface area contributed by atoms with Gasteiger partial charge in [0.05, 0.1) is 12.1 Å². The van der Waals surface area contributed by atoms with Gasteiger partial charge >= 0.3 is 0 Å². The lowest BCUT2D eigenvalue weighted by Crippen LogP contribution is -2.26. The lowest BCUT2D eigenvalue weighted by molar-refractivity contribution is -0.116. The number of nitrogens with zero attached hydrogens (tertiary/aromatic N) is 1. The molecule has 5 nitrogen and oxygen atoms in total. The van der Waals surface area contributed by atoms with Crippen molar-refractivity contribution < 1.29 is 19.4 Å². The molecule has 5 rings (SSSR count). The van der Waals surface area contributed by atoms with Crippen LogP contribution in [0.3, 0.4) is 0 Å². The van der Waals surface area contributed by atoms with Crippen LogP contribution in [0, 0.1) is 5.92 Å². The lowest BCUT2D eigenvalue weighted by atomic mass is 10.0. The van der Waals surface area contributed by atoms with Gasteiger partial charge in [-0.05, 0) is 30.5 Å². The molecule has 1 N–H and O–H groups in total. The van der Waals surface area contributed by atoms with Crippen molar-refractivity contribution >= 4 is 11.5 Å². The number of fused-ring (bicyclic) bond motifs is 1. The van der Waals surface area contributed by atoms with Crippen LogP contribution < -0.4 is 14.4 Å². The maximum atomic E-state index is 12.7. The minimum absolute atomic E-state index is 0.0836. The third-order valence-corrected chi connectivity index (χ3v) is 5.26. The summed E-state index contributed by atoms with van der Waals surface area (Å²) in [6, 6.07) is 15.2. The van der Waals surface area contributed by atoms with E-state index in [9.17, 15) is 9.90 Å². The molecule has 2 heterocycles. The maximum Gasteiger partial charge on any atom is 0.231 e. The number of carbonyl (C=O) groups excluding carboxylic acids is 1. The van der Waals surface area contributed by atoms with E-state index in [4.69, 9.17) is 9.47 Å². The summed E-state index contributed by atoms with van der Waals surface area (Å²) in [5.41, 5.74) is 2.40. The van der Waals surface area contributed by atoms with E-state index in [1.54, 1.807) is 0 Å². The number of aliphatic hydroxyl groups excluding tert-OH is 1. The second-order valence-electron chi connectivity index (χ2n) is 6.98. The van der Waals surface area contributed by atoms with Crippen LogP contribution in [-0.2, 0) is 4.79 Å². The second kappa shape index (κ2) is 5.80. The number of ketones is 1. The van der Waals surface area contributed by atoms with Gasteiger partial charge in [-0.1, -0.05) is 30.3 Å². The molecule has 0 amide bonds. The molecule has 1 atom stereocenters. The zero-order valence-electron chi connectivity index (χ0n) is 14.2. The molecule has 0 aromatic heterocycles. The smallest absolute Gasteiger partial charge is 0.231 e. The summed E-state index contributed by atoms with van der Waals surface area (Å²) in [6.07, 6.45) is 1.85. The van der Waals surface area contributed by atoms with Gasteiger partial charge in [-0.25, -0.2) is 0 Å². The van der Waals surface area contributed by atoms with Crippen molar-refractivity contribution in [3.05, 3.63) is 65.4 Å². The Labute approximate surface area is 151 Å². The first-order valence-electron chi connectivity index (χ1n) is 8.90. The first-order chi connectivity index (χ1) is 12.7. The molecule has 3 aliphatic rings. The Hall–Kier alpha value is -2.95. The van der Waals surface area contributed by atoms with E-state index in [2.05, 4.69) is 4.90 Å². The largest absolute Gasteiger partial charge is 0.509 e. The fourth-order valence-electron chi connectivity index (χ4n) is 3.73. The second-order valence-corrected chi connectivity index (χ2v) is 6.98. The fourth-order valence-corrected chi connectivity index (χ4v) is 3.73. The van der Waals surface area contributed by atoms with E-state index in [0.717, 1.165) is 29.8 Å². The first kappa shape index (κ1) is 15.3. The standard InChI is InChI=1S/C21H19NO4/c23-20(14-6-7-14)16-11-22(15-8-9-17-18(10-15)26-12-25-17)19(21(16)24)13-4-2-1-3-5-13/h1-5,8-10,14,19,24H,6-7,11-12H2. The average Bonchev–Trinajstić information content (AvgIpc) is 3.32. The predicted molar refractivity (Wildman–Crippen MR) is 96.5 cm³/mol. The molecule has 5 heteroatoms. The molecule has 2 aromatic rings. The van der Waals surface area contributed by atoms with Crippen molar-refractivity contribution in [3.63, 3.8) is 0 Å². The molecule has 0 radical (unpaired) electrons. The molecular weight excluding hydrogens is 330 g/mol. The molecule has 0 saturated heterocycles. The SMILES string of the molecule is O=C(C1=C(O)C(c2ccccc2)N(c2ccc3c(c2)OCO3)C1)C1CC1. The van der Waals surface area contributed by atoms with Crippen molar-refractivity contribution in [2.75, 3.05) is 18.2 Å². The van der Waals surface area contributed by atoms with E-state index in [1.165, 1.54) is 0 Å². The number of anilines is 1. The number of hydrogen-bond donors (Lipinski definition) is 1. The van der Waals surface area contributed by atoms with E-state index < -0.39 is 0 Å². The van der Waals surface area contributed by atoms with Crippen LogP contribution >= 0.6 is 0 Å². The van der Waals surface area contributed by atoms with Gasteiger partial charge in [0.2, 0.25) is 6.79 Å². The molecule has 26 heavy (non-hydrogen) atoms. The Balaban J connectivity index is 1.56. The third-order valence-electron chi connectivity index (χ3n) is 5.26. The van der Waals surface area contributed by atoms with Gasteiger partial charge < -0.3 is 19.5 Å². The highest BCUT2D eigenvalue weighted by molar-refractivity contribution is 6.01. The van der Waals surface area contributed by atoms with E-state index >= 15 is 0 Å². The molecule has 1 unspecified atom stereocenters. The molecule has 132 valence electrons. The summed E-state index contributed by atoms with van der Waals surface area (Å²) in [5.74, 6) is 1.75. The highest BCUT2D eigenvalue weighted by Crippen LogP contribution is 2.44. The first-order valence-corrected chi connectivity index (χ1v) is 8.90. The zero-order chi connectivity index (χ0) is 17.7. The van der Waals surface area contributed by atoms with Gasteiger partial charge in [-0.3, -0.25) is 4.79 Å². The Morgan fingerprint density at radius 2 is 1.81 bits per heavy atom.